The Morgan fingerprint density at radius 2 is 1.55 bits per heavy atom. The number of hydrogen-bond acceptors (Lipinski definition) is 3. The molecule has 0 aliphatic carbocycles. The van der Waals surface area contributed by atoms with E-state index in [4.69, 9.17) is 0 Å². The van der Waals surface area contributed by atoms with Gasteiger partial charge in [-0.25, -0.2) is 0 Å². The normalized spacial score (nSPS) is 16.0. The molecule has 0 spiro atoms. The molecule has 116 valence electrons. The van der Waals surface area contributed by atoms with Gasteiger partial charge in [0.15, 0.2) is 0 Å². The van der Waals surface area contributed by atoms with Crippen LogP contribution in [0.1, 0.15) is 16.7 Å². The van der Waals surface area contributed by atoms with Gasteiger partial charge in [0.1, 0.15) is 5.75 Å². The lowest BCUT2D eigenvalue weighted by molar-refractivity contribution is 0.250. The third-order valence-electron chi connectivity index (χ3n) is 4.56. The van der Waals surface area contributed by atoms with Crippen LogP contribution in [0.15, 0.2) is 42.5 Å². The van der Waals surface area contributed by atoms with Gasteiger partial charge in [0, 0.05) is 38.4 Å². The second-order valence-corrected chi connectivity index (χ2v) is 6.20. The highest BCUT2D eigenvalue weighted by molar-refractivity contribution is 5.49. The van der Waals surface area contributed by atoms with E-state index in [1.54, 1.807) is 12.1 Å². The molecular weight excluding hydrogens is 272 g/mol. The van der Waals surface area contributed by atoms with E-state index < -0.39 is 0 Å². The Hall–Kier alpha value is -2.00. The van der Waals surface area contributed by atoms with E-state index in [1.807, 2.05) is 12.1 Å². The summed E-state index contributed by atoms with van der Waals surface area (Å²) in [4.78, 5) is 4.90. The molecule has 1 N–H and O–H groups in total. The zero-order valence-corrected chi connectivity index (χ0v) is 13.4. The smallest absolute Gasteiger partial charge is 0.115 e. The monoisotopic (exact) mass is 296 g/mol. The predicted molar refractivity (Wildman–Crippen MR) is 91.5 cm³/mol. The van der Waals surface area contributed by atoms with Gasteiger partial charge in [0.05, 0.1) is 0 Å². The summed E-state index contributed by atoms with van der Waals surface area (Å²) in [5.74, 6) is 0.331. The van der Waals surface area contributed by atoms with Gasteiger partial charge >= 0.3 is 0 Å². The van der Waals surface area contributed by atoms with Crippen LogP contribution >= 0.6 is 0 Å². The molecular formula is C19H24N2O. The van der Waals surface area contributed by atoms with Crippen molar-refractivity contribution in [2.75, 3.05) is 31.1 Å². The second-order valence-electron chi connectivity index (χ2n) is 6.20. The van der Waals surface area contributed by atoms with Crippen LogP contribution in [0, 0.1) is 13.8 Å². The quantitative estimate of drug-likeness (QED) is 0.941. The first kappa shape index (κ1) is 14.9. The van der Waals surface area contributed by atoms with Crippen molar-refractivity contribution in [3.05, 3.63) is 59.2 Å². The van der Waals surface area contributed by atoms with Gasteiger partial charge < -0.3 is 10.0 Å². The highest BCUT2D eigenvalue weighted by Gasteiger charge is 2.17. The summed E-state index contributed by atoms with van der Waals surface area (Å²) in [6.45, 7) is 9.61. The molecule has 22 heavy (non-hydrogen) atoms. The molecule has 3 nitrogen and oxygen atoms in total. The summed E-state index contributed by atoms with van der Waals surface area (Å²) in [7, 11) is 0. The fourth-order valence-electron chi connectivity index (χ4n) is 2.99. The Bertz CT molecular complexity index is 628. The van der Waals surface area contributed by atoms with Crippen molar-refractivity contribution in [3.8, 4) is 5.75 Å². The molecule has 0 atom stereocenters. The molecule has 1 saturated heterocycles. The van der Waals surface area contributed by atoms with Crippen molar-refractivity contribution in [2.24, 2.45) is 0 Å². The van der Waals surface area contributed by atoms with Gasteiger partial charge in [-0.2, -0.15) is 0 Å². The molecule has 3 rings (SSSR count). The van der Waals surface area contributed by atoms with E-state index in [0.29, 0.717) is 5.75 Å². The van der Waals surface area contributed by atoms with Crippen molar-refractivity contribution < 1.29 is 5.11 Å². The summed E-state index contributed by atoms with van der Waals surface area (Å²) in [5, 5.41) is 9.38. The van der Waals surface area contributed by atoms with E-state index in [1.165, 1.54) is 22.4 Å². The minimum Gasteiger partial charge on any atom is -0.508 e. The molecule has 0 aromatic heterocycles. The Labute approximate surface area is 132 Å². The SMILES string of the molecule is Cc1ccc(CN2CCN(c3ccc(O)cc3)CC2)cc1C. The van der Waals surface area contributed by atoms with Crippen molar-refractivity contribution in [3.63, 3.8) is 0 Å². The van der Waals surface area contributed by atoms with Gasteiger partial charge in [0.25, 0.3) is 0 Å². The molecule has 1 aliphatic rings. The highest BCUT2D eigenvalue weighted by Crippen LogP contribution is 2.20. The standard InChI is InChI=1S/C19H24N2O/c1-15-3-4-17(13-16(15)2)14-20-9-11-21(12-10-20)18-5-7-19(22)8-6-18/h3-8,13,22H,9-12,14H2,1-2H3. The Morgan fingerprint density at radius 3 is 2.18 bits per heavy atom. The number of piperazine rings is 1. The summed E-state index contributed by atoms with van der Waals surface area (Å²) in [6.07, 6.45) is 0. The molecule has 0 amide bonds. The number of benzene rings is 2. The lowest BCUT2D eigenvalue weighted by Gasteiger charge is -2.36. The van der Waals surface area contributed by atoms with Crippen LogP contribution in [0.5, 0.6) is 5.75 Å². The second kappa shape index (κ2) is 6.41. The van der Waals surface area contributed by atoms with Gasteiger partial charge in [-0.3, -0.25) is 4.90 Å². The summed E-state index contributed by atoms with van der Waals surface area (Å²) in [5.41, 5.74) is 5.34. The first-order valence-electron chi connectivity index (χ1n) is 7.94. The average molecular weight is 296 g/mol. The summed E-state index contributed by atoms with van der Waals surface area (Å²) in [6, 6.07) is 14.3. The van der Waals surface area contributed by atoms with Crippen molar-refractivity contribution in [1.82, 2.24) is 4.90 Å². The van der Waals surface area contributed by atoms with Crippen LogP contribution in [0.25, 0.3) is 0 Å². The number of aryl methyl sites for hydroxylation is 2. The molecule has 1 fully saturated rings. The van der Waals surface area contributed by atoms with Crippen molar-refractivity contribution in [2.45, 2.75) is 20.4 Å². The van der Waals surface area contributed by atoms with Crippen LogP contribution in [0.3, 0.4) is 0 Å². The minimum atomic E-state index is 0.331. The lowest BCUT2D eigenvalue weighted by atomic mass is 10.1. The van der Waals surface area contributed by atoms with Crippen LogP contribution in [-0.2, 0) is 6.54 Å². The van der Waals surface area contributed by atoms with E-state index in [9.17, 15) is 5.11 Å². The van der Waals surface area contributed by atoms with Crippen LogP contribution in [-0.4, -0.2) is 36.2 Å². The van der Waals surface area contributed by atoms with E-state index >= 15 is 0 Å². The zero-order chi connectivity index (χ0) is 15.5. The molecule has 2 aromatic carbocycles. The predicted octanol–water partition coefficient (Wildman–Crippen LogP) is 3.33. The molecule has 3 heteroatoms. The van der Waals surface area contributed by atoms with E-state index in [0.717, 1.165) is 32.7 Å². The molecule has 0 unspecified atom stereocenters. The molecule has 0 saturated carbocycles. The number of aromatic hydroxyl groups is 1. The fraction of sp³-hybridized carbons (Fsp3) is 0.368. The lowest BCUT2D eigenvalue weighted by Crippen LogP contribution is -2.45. The number of rotatable bonds is 3. The topological polar surface area (TPSA) is 26.7 Å². The Morgan fingerprint density at radius 1 is 0.864 bits per heavy atom. The summed E-state index contributed by atoms with van der Waals surface area (Å²) >= 11 is 0. The molecule has 0 radical (unpaired) electrons. The average Bonchev–Trinajstić information content (AvgIpc) is 2.53. The van der Waals surface area contributed by atoms with Gasteiger partial charge in [-0.05, 0) is 54.8 Å². The molecule has 0 bridgehead atoms. The molecule has 1 heterocycles. The minimum absolute atomic E-state index is 0.331. The van der Waals surface area contributed by atoms with Gasteiger partial charge in [-0.1, -0.05) is 18.2 Å². The maximum absolute atomic E-state index is 9.38. The largest absolute Gasteiger partial charge is 0.508 e. The fourth-order valence-corrected chi connectivity index (χ4v) is 2.99. The number of phenolic OH excluding ortho intramolecular Hbond substituents is 1. The number of hydrogen-bond donors (Lipinski definition) is 1. The van der Waals surface area contributed by atoms with Crippen LogP contribution < -0.4 is 4.90 Å². The van der Waals surface area contributed by atoms with Gasteiger partial charge in [0.2, 0.25) is 0 Å². The zero-order valence-electron chi connectivity index (χ0n) is 13.4. The molecule has 2 aromatic rings. The third kappa shape index (κ3) is 3.42. The maximum atomic E-state index is 9.38. The third-order valence-corrected chi connectivity index (χ3v) is 4.56. The number of nitrogens with zero attached hydrogens (tertiary/aromatic N) is 2. The summed E-state index contributed by atoms with van der Waals surface area (Å²) < 4.78 is 0. The Balaban J connectivity index is 1.57. The van der Waals surface area contributed by atoms with Crippen LogP contribution in [0.2, 0.25) is 0 Å². The number of phenols is 1. The first-order valence-corrected chi connectivity index (χ1v) is 7.94. The van der Waals surface area contributed by atoms with Crippen molar-refractivity contribution in [1.29, 1.82) is 0 Å². The van der Waals surface area contributed by atoms with E-state index in [2.05, 4.69) is 41.8 Å². The Kier molecular flexibility index (Phi) is 4.34. The highest BCUT2D eigenvalue weighted by atomic mass is 16.3. The molecule has 1 aliphatic heterocycles. The van der Waals surface area contributed by atoms with E-state index in [-0.39, 0.29) is 0 Å². The first-order chi connectivity index (χ1) is 10.6. The van der Waals surface area contributed by atoms with Gasteiger partial charge in [-0.15, -0.1) is 0 Å². The van der Waals surface area contributed by atoms with Crippen molar-refractivity contribution >= 4 is 5.69 Å². The van der Waals surface area contributed by atoms with Crippen LogP contribution in [0.4, 0.5) is 5.69 Å². The number of anilines is 1. The maximum Gasteiger partial charge on any atom is 0.115 e.